The van der Waals surface area contributed by atoms with Crippen LogP contribution >= 0.6 is 0 Å². The van der Waals surface area contributed by atoms with Crippen LogP contribution in [0.25, 0.3) is 10.9 Å². The monoisotopic (exact) mass is 387 g/mol. The Balaban J connectivity index is 1.84. The fourth-order valence-electron chi connectivity index (χ4n) is 3.63. The van der Waals surface area contributed by atoms with Gasteiger partial charge < -0.3 is 25.1 Å². The molecule has 2 heterocycles. The largest absolute Gasteiger partial charge is 0.490 e. The lowest BCUT2D eigenvalue weighted by atomic mass is 10.1. The van der Waals surface area contributed by atoms with Gasteiger partial charge >= 0.3 is 5.97 Å². The molecule has 0 atom stereocenters. The van der Waals surface area contributed by atoms with Crippen LogP contribution in [-0.2, 0) is 4.74 Å². The zero-order valence-corrected chi connectivity index (χ0v) is 17.0. The van der Waals surface area contributed by atoms with Crippen molar-refractivity contribution in [1.29, 1.82) is 0 Å². The quantitative estimate of drug-likeness (QED) is 0.743. The Labute approximate surface area is 165 Å². The van der Waals surface area contributed by atoms with Gasteiger partial charge in [-0.2, -0.15) is 0 Å². The number of nitrogens with zero attached hydrogens (tertiary/aromatic N) is 1. The number of fused-ring (bicyclic) bond motifs is 1. The van der Waals surface area contributed by atoms with Gasteiger partial charge in [0, 0.05) is 30.0 Å². The van der Waals surface area contributed by atoms with Gasteiger partial charge in [-0.25, -0.2) is 4.79 Å². The highest BCUT2D eigenvalue weighted by atomic mass is 16.5. The van der Waals surface area contributed by atoms with Gasteiger partial charge in [0.05, 0.1) is 11.7 Å². The summed E-state index contributed by atoms with van der Waals surface area (Å²) in [5, 5.41) is 0.570. The van der Waals surface area contributed by atoms with Crippen LogP contribution in [0, 0.1) is 0 Å². The smallest absolute Gasteiger partial charge is 0.355 e. The number of rotatable bonds is 6. The van der Waals surface area contributed by atoms with Crippen molar-refractivity contribution in [2.24, 2.45) is 5.73 Å². The van der Waals surface area contributed by atoms with Crippen molar-refractivity contribution in [3.63, 3.8) is 0 Å². The molecule has 1 amide bonds. The Kier molecular flexibility index (Phi) is 5.93. The maximum absolute atomic E-state index is 12.3. The Bertz CT molecular complexity index is 864. The van der Waals surface area contributed by atoms with Crippen molar-refractivity contribution < 1.29 is 19.1 Å². The van der Waals surface area contributed by atoms with Crippen LogP contribution in [0.2, 0.25) is 0 Å². The minimum absolute atomic E-state index is 0.0820. The molecule has 1 saturated heterocycles. The summed E-state index contributed by atoms with van der Waals surface area (Å²) in [6.45, 7) is 9.92. The molecule has 2 aromatic rings. The predicted octanol–water partition coefficient (Wildman–Crippen LogP) is 3.08. The number of primary amides is 1. The van der Waals surface area contributed by atoms with Crippen molar-refractivity contribution in [3.8, 4) is 5.75 Å². The van der Waals surface area contributed by atoms with Crippen LogP contribution in [0.4, 0.5) is 0 Å². The third-order valence-corrected chi connectivity index (χ3v) is 5.07. The van der Waals surface area contributed by atoms with Crippen molar-refractivity contribution in [2.45, 2.75) is 58.8 Å². The molecule has 7 heteroatoms. The molecule has 0 aliphatic carbocycles. The molecule has 3 N–H and O–H groups in total. The number of piperidine rings is 1. The molecule has 0 saturated carbocycles. The molecule has 1 aromatic carbocycles. The van der Waals surface area contributed by atoms with E-state index in [9.17, 15) is 9.59 Å². The minimum atomic E-state index is -0.677. The average molecular weight is 387 g/mol. The van der Waals surface area contributed by atoms with Crippen molar-refractivity contribution >= 4 is 22.8 Å². The van der Waals surface area contributed by atoms with Crippen molar-refractivity contribution in [3.05, 3.63) is 29.5 Å². The number of aromatic amines is 1. The highest BCUT2D eigenvalue weighted by molar-refractivity contribution is 6.14. The van der Waals surface area contributed by atoms with E-state index in [1.54, 1.807) is 26.0 Å². The van der Waals surface area contributed by atoms with Gasteiger partial charge in [0.15, 0.2) is 0 Å². The highest BCUT2D eigenvalue weighted by Gasteiger charge is 2.25. The summed E-state index contributed by atoms with van der Waals surface area (Å²) < 4.78 is 11.4. The first-order valence-electron chi connectivity index (χ1n) is 9.83. The molecule has 3 rings (SSSR count). The molecule has 1 fully saturated rings. The predicted molar refractivity (Wildman–Crippen MR) is 108 cm³/mol. The third-order valence-electron chi connectivity index (χ3n) is 5.07. The molecular formula is C21H29N3O4. The number of nitrogens with two attached hydrogens (primary N) is 1. The molecule has 7 nitrogen and oxygen atoms in total. The highest BCUT2D eigenvalue weighted by Crippen LogP contribution is 2.29. The van der Waals surface area contributed by atoms with E-state index in [0.29, 0.717) is 22.7 Å². The van der Waals surface area contributed by atoms with E-state index in [4.69, 9.17) is 15.2 Å². The number of likely N-dealkylation sites (tertiary alicyclic amines) is 1. The number of ether oxygens (including phenoxy) is 2. The second kappa shape index (κ2) is 8.22. The van der Waals surface area contributed by atoms with E-state index >= 15 is 0 Å². The van der Waals surface area contributed by atoms with Gasteiger partial charge in [0.2, 0.25) is 0 Å². The van der Waals surface area contributed by atoms with Gasteiger partial charge in [-0.3, -0.25) is 4.79 Å². The van der Waals surface area contributed by atoms with Crippen LogP contribution in [-0.4, -0.2) is 53.1 Å². The van der Waals surface area contributed by atoms with Crippen molar-refractivity contribution in [2.75, 3.05) is 13.1 Å². The van der Waals surface area contributed by atoms with Crippen LogP contribution < -0.4 is 10.5 Å². The molecule has 1 aliphatic heterocycles. The second-order valence-corrected chi connectivity index (χ2v) is 7.85. The summed E-state index contributed by atoms with van der Waals surface area (Å²) in [5.41, 5.74) is 6.43. The molecule has 0 unspecified atom stereocenters. The molecule has 152 valence electrons. The first-order chi connectivity index (χ1) is 13.3. The first kappa shape index (κ1) is 20.2. The Morgan fingerprint density at radius 1 is 1.18 bits per heavy atom. The lowest BCUT2D eigenvalue weighted by Gasteiger charge is -2.34. The lowest BCUT2D eigenvalue weighted by Crippen LogP contribution is -2.41. The fraction of sp³-hybridized carbons (Fsp3) is 0.524. The summed E-state index contributed by atoms with van der Waals surface area (Å²) in [4.78, 5) is 29.8. The maximum atomic E-state index is 12.3. The van der Waals surface area contributed by atoms with E-state index in [1.165, 1.54) is 0 Å². The lowest BCUT2D eigenvalue weighted by molar-refractivity contribution is 0.0369. The number of carbonyl (C=O) groups is 2. The van der Waals surface area contributed by atoms with Gasteiger partial charge in [-0.15, -0.1) is 0 Å². The van der Waals surface area contributed by atoms with E-state index in [2.05, 4.69) is 23.7 Å². The van der Waals surface area contributed by atoms with Crippen LogP contribution in [0.3, 0.4) is 0 Å². The number of carbonyl (C=O) groups excluding carboxylic acids is 2. The molecule has 0 spiro atoms. The van der Waals surface area contributed by atoms with Gasteiger partial charge in [0.1, 0.15) is 17.5 Å². The van der Waals surface area contributed by atoms with Gasteiger partial charge in [-0.05, 0) is 58.7 Å². The van der Waals surface area contributed by atoms with Crippen molar-refractivity contribution in [1.82, 2.24) is 9.88 Å². The number of esters is 1. The van der Waals surface area contributed by atoms with Crippen LogP contribution in [0.1, 0.15) is 61.4 Å². The molecule has 1 aliphatic rings. The van der Waals surface area contributed by atoms with E-state index < -0.39 is 11.9 Å². The molecule has 28 heavy (non-hydrogen) atoms. The number of hydrogen-bond donors (Lipinski definition) is 2. The average Bonchev–Trinajstić information content (AvgIpc) is 3.00. The number of nitrogens with one attached hydrogen (secondary N) is 1. The summed E-state index contributed by atoms with van der Waals surface area (Å²) in [7, 11) is 0. The standard InChI is InChI=1S/C21H29N3O4/c1-12(2)24-9-7-14(8-10-24)28-15-5-6-17-16(11-15)18(20(22)25)19(23-17)21(26)27-13(3)4/h5-6,11-14,23H,7-10H2,1-4H3,(H2,22,25). The minimum Gasteiger partial charge on any atom is -0.490 e. The number of aromatic nitrogens is 1. The molecule has 0 radical (unpaired) electrons. The van der Waals surface area contributed by atoms with E-state index in [-0.39, 0.29) is 23.5 Å². The normalized spacial score (nSPS) is 16.1. The first-order valence-corrected chi connectivity index (χ1v) is 9.83. The zero-order valence-electron chi connectivity index (χ0n) is 17.0. The Morgan fingerprint density at radius 3 is 2.43 bits per heavy atom. The third kappa shape index (κ3) is 4.30. The fourth-order valence-corrected chi connectivity index (χ4v) is 3.63. The molecule has 1 aromatic heterocycles. The number of H-pyrrole nitrogens is 1. The molecule has 0 bridgehead atoms. The topological polar surface area (TPSA) is 97.7 Å². The number of amides is 1. The van der Waals surface area contributed by atoms with E-state index in [1.807, 2.05) is 6.07 Å². The van der Waals surface area contributed by atoms with E-state index in [0.717, 1.165) is 25.9 Å². The summed E-state index contributed by atoms with van der Waals surface area (Å²) in [6, 6.07) is 5.95. The zero-order chi connectivity index (χ0) is 20.4. The molecular weight excluding hydrogens is 358 g/mol. The Morgan fingerprint density at radius 2 is 1.86 bits per heavy atom. The van der Waals surface area contributed by atoms with Gasteiger partial charge in [-0.1, -0.05) is 0 Å². The van der Waals surface area contributed by atoms with Crippen LogP contribution in [0.5, 0.6) is 5.75 Å². The van der Waals surface area contributed by atoms with Crippen LogP contribution in [0.15, 0.2) is 18.2 Å². The number of hydrogen-bond acceptors (Lipinski definition) is 5. The summed E-state index contributed by atoms with van der Waals surface area (Å²) in [5.74, 6) is -0.603. The number of benzene rings is 1. The summed E-state index contributed by atoms with van der Waals surface area (Å²) >= 11 is 0. The second-order valence-electron chi connectivity index (χ2n) is 7.85. The van der Waals surface area contributed by atoms with Gasteiger partial charge in [0.25, 0.3) is 5.91 Å². The SMILES string of the molecule is CC(C)OC(=O)c1[nH]c2ccc(OC3CCN(C(C)C)CC3)cc2c1C(N)=O. The maximum Gasteiger partial charge on any atom is 0.355 e. The Hall–Kier alpha value is -2.54. The summed E-state index contributed by atoms with van der Waals surface area (Å²) in [6.07, 6.45) is 1.75.